The normalized spacial score (nSPS) is 20.0. The van der Waals surface area contributed by atoms with Gasteiger partial charge in [-0.25, -0.2) is 0 Å². The molecule has 0 bridgehead atoms. The number of ether oxygens (including phenoxy) is 2. The summed E-state index contributed by atoms with van der Waals surface area (Å²) in [7, 11) is 1.86. The van der Waals surface area contributed by atoms with Crippen molar-refractivity contribution in [2.24, 2.45) is 4.99 Å². The number of benzene rings is 2. The van der Waals surface area contributed by atoms with E-state index in [1.54, 1.807) is 0 Å². The number of hydrogen-bond donors (Lipinski definition) is 1. The lowest BCUT2D eigenvalue weighted by Crippen LogP contribution is -2.48. The number of nitrogens with one attached hydrogen (secondary N) is 1. The van der Waals surface area contributed by atoms with Crippen molar-refractivity contribution in [3.63, 3.8) is 0 Å². The molecule has 32 heavy (non-hydrogen) atoms. The predicted octanol–water partition coefficient (Wildman–Crippen LogP) is 3.59. The standard InChI is InChI=1S/C25H34N4O2.HI/c1-20-7-3-6-10-23(20)24-19-29(13-16-31-24)25(26-2)27-17-21-8-4-5-9-22(21)18-28-11-14-30-15-12-28;/h3-10,24H,11-19H2,1-2H3,(H,26,27);1H. The maximum atomic E-state index is 6.10. The summed E-state index contributed by atoms with van der Waals surface area (Å²) in [6, 6.07) is 17.2. The monoisotopic (exact) mass is 550 g/mol. The van der Waals surface area contributed by atoms with Crippen molar-refractivity contribution in [1.82, 2.24) is 15.1 Å². The minimum absolute atomic E-state index is 0. The Bertz CT molecular complexity index is 886. The first-order valence-corrected chi connectivity index (χ1v) is 11.2. The first-order chi connectivity index (χ1) is 15.2. The molecule has 2 aliphatic heterocycles. The van der Waals surface area contributed by atoms with Crippen LogP contribution in [0.1, 0.15) is 28.4 Å². The van der Waals surface area contributed by atoms with Crippen molar-refractivity contribution >= 4 is 29.9 Å². The Kier molecular flexibility index (Phi) is 9.77. The lowest BCUT2D eigenvalue weighted by atomic mass is 10.0. The van der Waals surface area contributed by atoms with E-state index in [9.17, 15) is 0 Å². The molecule has 7 heteroatoms. The fourth-order valence-electron chi connectivity index (χ4n) is 4.37. The summed E-state index contributed by atoms with van der Waals surface area (Å²) in [6.07, 6.45) is 0.0714. The lowest BCUT2D eigenvalue weighted by Gasteiger charge is -2.36. The number of aliphatic imine (C=N–C) groups is 1. The quantitative estimate of drug-likeness (QED) is 0.351. The molecule has 2 fully saturated rings. The topological polar surface area (TPSA) is 49.3 Å². The van der Waals surface area contributed by atoms with E-state index in [1.165, 1.54) is 22.3 Å². The largest absolute Gasteiger partial charge is 0.379 e. The van der Waals surface area contributed by atoms with Crippen LogP contribution >= 0.6 is 24.0 Å². The van der Waals surface area contributed by atoms with E-state index in [-0.39, 0.29) is 30.1 Å². The molecule has 2 saturated heterocycles. The summed E-state index contributed by atoms with van der Waals surface area (Å²) in [6.45, 7) is 9.88. The van der Waals surface area contributed by atoms with Gasteiger partial charge < -0.3 is 19.7 Å². The summed E-state index contributed by atoms with van der Waals surface area (Å²) in [5.74, 6) is 0.933. The van der Waals surface area contributed by atoms with Crippen LogP contribution < -0.4 is 5.32 Å². The molecular weight excluding hydrogens is 515 g/mol. The van der Waals surface area contributed by atoms with Gasteiger partial charge in [0.05, 0.1) is 26.4 Å². The van der Waals surface area contributed by atoms with E-state index >= 15 is 0 Å². The number of aryl methyl sites for hydroxylation is 1. The van der Waals surface area contributed by atoms with Crippen LogP contribution in [0.4, 0.5) is 0 Å². The second-order valence-corrected chi connectivity index (χ2v) is 8.22. The summed E-state index contributed by atoms with van der Waals surface area (Å²) < 4.78 is 11.6. The van der Waals surface area contributed by atoms with Crippen LogP contribution in [-0.2, 0) is 22.6 Å². The molecule has 2 aromatic rings. The molecule has 174 valence electrons. The van der Waals surface area contributed by atoms with Gasteiger partial charge in [0.2, 0.25) is 0 Å². The van der Waals surface area contributed by atoms with Crippen LogP contribution in [0.25, 0.3) is 0 Å². The Hall–Kier alpha value is -1.68. The summed E-state index contributed by atoms with van der Waals surface area (Å²) in [5, 5.41) is 3.60. The van der Waals surface area contributed by atoms with E-state index in [4.69, 9.17) is 9.47 Å². The van der Waals surface area contributed by atoms with Crippen LogP contribution in [0.3, 0.4) is 0 Å². The van der Waals surface area contributed by atoms with Gasteiger partial charge in [-0.2, -0.15) is 0 Å². The van der Waals surface area contributed by atoms with Gasteiger partial charge in [-0.15, -0.1) is 24.0 Å². The van der Waals surface area contributed by atoms with Gasteiger partial charge >= 0.3 is 0 Å². The Labute approximate surface area is 209 Å². The molecule has 0 saturated carbocycles. The van der Waals surface area contributed by atoms with Crippen molar-refractivity contribution in [2.75, 3.05) is 53.0 Å². The Morgan fingerprint density at radius 3 is 2.47 bits per heavy atom. The highest BCUT2D eigenvalue weighted by Gasteiger charge is 2.25. The fourth-order valence-corrected chi connectivity index (χ4v) is 4.37. The SMILES string of the molecule is CN=C(NCc1ccccc1CN1CCOCC1)N1CCOC(c2ccccc2C)C1.I. The van der Waals surface area contributed by atoms with E-state index in [0.717, 1.165) is 58.4 Å². The van der Waals surface area contributed by atoms with E-state index < -0.39 is 0 Å². The van der Waals surface area contributed by atoms with Gasteiger partial charge in [0.15, 0.2) is 5.96 Å². The minimum atomic E-state index is 0. The molecule has 6 nitrogen and oxygen atoms in total. The van der Waals surface area contributed by atoms with Gasteiger partial charge in [0.25, 0.3) is 0 Å². The Morgan fingerprint density at radius 2 is 1.72 bits per heavy atom. The molecule has 0 radical (unpaired) electrons. The molecule has 2 aromatic carbocycles. The van der Waals surface area contributed by atoms with E-state index in [0.29, 0.717) is 6.61 Å². The zero-order valence-electron chi connectivity index (χ0n) is 19.1. The number of guanidine groups is 1. The van der Waals surface area contributed by atoms with Crippen LogP contribution in [-0.4, -0.2) is 68.8 Å². The first kappa shape index (κ1) is 25.0. The molecule has 1 N–H and O–H groups in total. The molecular formula is C25H35IN4O2. The first-order valence-electron chi connectivity index (χ1n) is 11.2. The van der Waals surface area contributed by atoms with Crippen molar-refractivity contribution in [3.8, 4) is 0 Å². The second-order valence-electron chi connectivity index (χ2n) is 8.22. The Morgan fingerprint density at radius 1 is 1.00 bits per heavy atom. The highest BCUT2D eigenvalue weighted by Crippen LogP contribution is 2.25. The highest BCUT2D eigenvalue weighted by molar-refractivity contribution is 14.0. The summed E-state index contributed by atoms with van der Waals surface area (Å²) in [4.78, 5) is 9.35. The molecule has 2 aliphatic rings. The van der Waals surface area contributed by atoms with Gasteiger partial charge in [-0.05, 0) is 29.2 Å². The predicted molar refractivity (Wildman–Crippen MR) is 140 cm³/mol. The molecule has 2 heterocycles. The molecule has 0 spiro atoms. The van der Waals surface area contributed by atoms with Crippen LogP contribution in [0.5, 0.6) is 0 Å². The average Bonchev–Trinajstić information content (AvgIpc) is 2.82. The highest BCUT2D eigenvalue weighted by atomic mass is 127. The van der Waals surface area contributed by atoms with Crippen molar-refractivity contribution in [1.29, 1.82) is 0 Å². The average molecular weight is 550 g/mol. The maximum absolute atomic E-state index is 6.10. The van der Waals surface area contributed by atoms with Crippen LogP contribution in [0, 0.1) is 6.92 Å². The number of halogens is 1. The summed E-state index contributed by atoms with van der Waals surface area (Å²) in [5.41, 5.74) is 5.22. The molecule has 0 aromatic heterocycles. The fraction of sp³-hybridized carbons (Fsp3) is 0.480. The number of morpholine rings is 2. The molecule has 0 amide bonds. The summed E-state index contributed by atoms with van der Waals surface area (Å²) >= 11 is 0. The van der Waals surface area contributed by atoms with E-state index in [1.807, 2.05) is 7.05 Å². The van der Waals surface area contributed by atoms with Crippen molar-refractivity contribution < 1.29 is 9.47 Å². The van der Waals surface area contributed by atoms with Gasteiger partial charge in [0.1, 0.15) is 6.10 Å². The zero-order valence-corrected chi connectivity index (χ0v) is 21.5. The van der Waals surface area contributed by atoms with Gasteiger partial charge in [-0.3, -0.25) is 9.89 Å². The number of nitrogens with zero attached hydrogens (tertiary/aromatic N) is 3. The number of hydrogen-bond acceptors (Lipinski definition) is 4. The Balaban J connectivity index is 0.00000289. The van der Waals surface area contributed by atoms with Gasteiger partial charge in [-0.1, -0.05) is 48.5 Å². The second kappa shape index (κ2) is 12.5. The van der Waals surface area contributed by atoms with Crippen molar-refractivity contribution in [2.45, 2.75) is 26.1 Å². The molecule has 0 aliphatic carbocycles. The minimum Gasteiger partial charge on any atom is -0.379 e. The molecule has 1 unspecified atom stereocenters. The maximum Gasteiger partial charge on any atom is 0.194 e. The van der Waals surface area contributed by atoms with Crippen LogP contribution in [0.15, 0.2) is 53.5 Å². The van der Waals surface area contributed by atoms with E-state index in [2.05, 4.69) is 75.6 Å². The number of rotatable bonds is 5. The van der Waals surface area contributed by atoms with Crippen molar-refractivity contribution in [3.05, 3.63) is 70.8 Å². The third-order valence-electron chi connectivity index (χ3n) is 6.17. The van der Waals surface area contributed by atoms with Gasteiger partial charge in [0, 0.05) is 39.8 Å². The smallest absolute Gasteiger partial charge is 0.194 e. The van der Waals surface area contributed by atoms with Crippen LogP contribution in [0.2, 0.25) is 0 Å². The lowest BCUT2D eigenvalue weighted by molar-refractivity contribution is -0.00834. The molecule has 1 atom stereocenters. The zero-order chi connectivity index (χ0) is 21.5. The third kappa shape index (κ3) is 6.43. The molecule has 4 rings (SSSR count). The third-order valence-corrected chi connectivity index (χ3v) is 6.17.